The third-order valence-corrected chi connectivity index (χ3v) is 4.38. The maximum absolute atomic E-state index is 12.5. The molecule has 0 N–H and O–H groups in total. The Morgan fingerprint density at radius 2 is 1.70 bits per heavy atom. The van der Waals surface area contributed by atoms with Crippen LogP contribution in [0.5, 0.6) is 11.5 Å². The van der Waals surface area contributed by atoms with E-state index in [1.54, 1.807) is 16.7 Å². The monoisotopic (exact) mass is 381 g/mol. The molecule has 0 atom stereocenters. The molecule has 0 aliphatic heterocycles. The van der Waals surface area contributed by atoms with Gasteiger partial charge in [0.2, 0.25) is 0 Å². The number of aromatic nitrogens is 1. The van der Waals surface area contributed by atoms with Crippen LogP contribution in [-0.4, -0.2) is 17.8 Å². The molecule has 0 unspecified atom stereocenters. The smallest absolute Gasteiger partial charge is 0.293 e. The number of halogens is 1. The van der Waals surface area contributed by atoms with E-state index in [4.69, 9.17) is 21.1 Å². The van der Waals surface area contributed by atoms with Crippen LogP contribution in [0.15, 0.2) is 53.3 Å². The highest BCUT2D eigenvalue weighted by Gasteiger charge is 2.08. The summed E-state index contributed by atoms with van der Waals surface area (Å²) in [7, 11) is 0. The van der Waals surface area contributed by atoms with Gasteiger partial charge < -0.3 is 14.0 Å². The van der Waals surface area contributed by atoms with Crippen molar-refractivity contribution in [3.05, 3.63) is 69.5 Å². The van der Waals surface area contributed by atoms with E-state index in [1.165, 1.54) is 0 Å². The summed E-state index contributed by atoms with van der Waals surface area (Å²) in [5.74, 6) is 6.82. The van der Waals surface area contributed by atoms with Crippen LogP contribution < -0.4 is 15.0 Å². The molecule has 3 rings (SSSR count). The van der Waals surface area contributed by atoms with Gasteiger partial charge in [0.1, 0.15) is 19.0 Å². The van der Waals surface area contributed by atoms with Crippen molar-refractivity contribution in [2.75, 3.05) is 13.2 Å². The molecule has 0 radical (unpaired) electrons. The minimum Gasteiger partial charge on any atom is -0.481 e. The van der Waals surface area contributed by atoms with Crippen molar-refractivity contribution in [3.8, 4) is 23.3 Å². The molecule has 2 aromatic carbocycles. The maximum atomic E-state index is 12.5. The lowest BCUT2D eigenvalue weighted by molar-refractivity contribution is 0.356. The summed E-state index contributed by atoms with van der Waals surface area (Å²) in [6.07, 6.45) is 0. The van der Waals surface area contributed by atoms with E-state index in [-0.39, 0.29) is 18.8 Å². The fourth-order valence-corrected chi connectivity index (χ4v) is 3.05. The van der Waals surface area contributed by atoms with Crippen molar-refractivity contribution in [1.29, 1.82) is 0 Å². The molecule has 1 heterocycles. The molecule has 0 aliphatic rings. The van der Waals surface area contributed by atoms with Gasteiger partial charge in [-0.2, -0.15) is 0 Å². The summed E-state index contributed by atoms with van der Waals surface area (Å²) in [4.78, 5) is 12.5. The summed E-state index contributed by atoms with van der Waals surface area (Å²) in [6.45, 7) is 4.81. The lowest BCUT2D eigenvalue weighted by Crippen LogP contribution is -2.21. The summed E-state index contributed by atoms with van der Waals surface area (Å²) < 4.78 is 12.9. The number of nitrogens with zero attached hydrogens (tertiary/aromatic N) is 1. The number of fused-ring (bicyclic) bond motifs is 1. The Morgan fingerprint density at radius 1 is 1.00 bits per heavy atom. The second-order valence-electron chi connectivity index (χ2n) is 5.96. The fraction of sp³-hybridized carbons (Fsp3) is 0.227. The van der Waals surface area contributed by atoms with Crippen LogP contribution in [0.25, 0.3) is 10.9 Å². The number of hydrogen-bond donors (Lipinski definition) is 0. The number of pyridine rings is 1. The van der Waals surface area contributed by atoms with E-state index < -0.39 is 0 Å². The number of ether oxygens (including phenoxy) is 2. The highest BCUT2D eigenvalue weighted by molar-refractivity contribution is 6.30. The molecule has 27 heavy (non-hydrogen) atoms. The van der Waals surface area contributed by atoms with Crippen molar-refractivity contribution in [2.45, 2.75) is 20.4 Å². The largest absolute Gasteiger partial charge is 0.481 e. The molecule has 0 saturated heterocycles. The molecule has 0 aliphatic carbocycles. The summed E-state index contributed by atoms with van der Waals surface area (Å²) in [5.41, 5.74) is 1.71. The average molecular weight is 382 g/mol. The Labute approximate surface area is 163 Å². The number of para-hydroxylation sites is 1. The van der Waals surface area contributed by atoms with E-state index in [9.17, 15) is 4.79 Å². The van der Waals surface area contributed by atoms with E-state index in [0.29, 0.717) is 17.3 Å². The van der Waals surface area contributed by atoms with Gasteiger partial charge in [0.25, 0.3) is 5.56 Å². The second-order valence-corrected chi connectivity index (χ2v) is 6.39. The van der Waals surface area contributed by atoms with Gasteiger partial charge >= 0.3 is 0 Å². The molecule has 0 saturated carbocycles. The first-order valence-corrected chi connectivity index (χ1v) is 9.08. The third-order valence-electron chi connectivity index (χ3n) is 4.15. The Morgan fingerprint density at radius 3 is 2.41 bits per heavy atom. The quantitative estimate of drug-likeness (QED) is 0.613. The molecular weight excluding hydrogens is 362 g/mol. The summed E-state index contributed by atoms with van der Waals surface area (Å²) in [5, 5.41) is 1.64. The van der Waals surface area contributed by atoms with Gasteiger partial charge in [-0.05, 0) is 49.7 Å². The van der Waals surface area contributed by atoms with Crippen LogP contribution in [0, 0.1) is 18.8 Å². The highest BCUT2D eigenvalue weighted by Crippen LogP contribution is 2.21. The molecule has 138 valence electrons. The van der Waals surface area contributed by atoms with Crippen molar-refractivity contribution >= 4 is 22.5 Å². The van der Waals surface area contributed by atoms with Gasteiger partial charge in [0.15, 0.2) is 5.75 Å². The molecular formula is C22H20ClNO3. The number of benzene rings is 2. The van der Waals surface area contributed by atoms with Crippen LogP contribution in [0.2, 0.25) is 5.02 Å². The Kier molecular flexibility index (Phi) is 6.05. The summed E-state index contributed by atoms with van der Waals surface area (Å²) >= 11 is 5.92. The van der Waals surface area contributed by atoms with Crippen molar-refractivity contribution in [1.82, 2.24) is 4.57 Å². The molecule has 3 aromatic rings. The van der Waals surface area contributed by atoms with Crippen molar-refractivity contribution in [2.24, 2.45) is 0 Å². The predicted molar refractivity (Wildman–Crippen MR) is 109 cm³/mol. The summed E-state index contributed by atoms with van der Waals surface area (Å²) in [6, 6.07) is 14.9. The van der Waals surface area contributed by atoms with Gasteiger partial charge in [-0.3, -0.25) is 4.79 Å². The average Bonchev–Trinajstić information content (AvgIpc) is 2.66. The molecule has 4 nitrogen and oxygen atoms in total. The number of hydrogen-bond acceptors (Lipinski definition) is 3. The molecule has 1 aromatic heterocycles. The third kappa shape index (κ3) is 4.45. The van der Waals surface area contributed by atoms with Crippen LogP contribution in [-0.2, 0) is 6.54 Å². The molecule has 0 spiro atoms. The van der Waals surface area contributed by atoms with Crippen LogP contribution in [0.4, 0.5) is 0 Å². The van der Waals surface area contributed by atoms with Gasteiger partial charge in [0, 0.05) is 17.0 Å². The van der Waals surface area contributed by atoms with E-state index >= 15 is 0 Å². The molecule has 0 fully saturated rings. The van der Waals surface area contributed by atoms with E-state index in [0.717, 1.165) is 22.2 Å². The van der Waals surface area contributed by atoms with Crippen LogP contribution >= 0.6 is 11.6 Å². The van der Waals surface area contributed by atoms with Gasteiger partial charge in [-0.15, -0.1) is 0 Å². The Balaban J connectivity index is 1.64. The first-order valence-electron chi connectivity index (χ1n) is 8.70. The lowest BCUT2D eigenvalue weighted by Gasteiger charge is -2.10. The number of aryl methyl sites for hydroxylation is 2. The molecule has 0 bridgehead atoms. The Bertz CT molecular complexity index is 1080. The zero-order valence-corrected chi connectivity index (χ0v) is 16.0. The molecule has 5 heteroatoms. The number of rotatable bonds is 5. The highest BCUT2D eigenvalue weighted by atomic mass is 35.5. The normalized spacial score (nSPS) is 10.3. The first kappa shape index (κ1) is 18.9. The van der Waals surface area contributed by atoms with Crippen molar-refractivity contribution in [3.63, 3.8) is 0 Å². The molecule has 0 amide bonds. The lowest BCUT2D eigenvalue weighted by atomic mass is 10.2. The first-order chi connectivity index (χ1) is 13.1. The van der Waals surface area contributed by atoms with Crippen LogP contribution in [0.3, 0.4) is 0 Å². The topological polar surface area (TPSA) is 40.5 Å². The van der Waals surface area contributed by atoms with E-state index in [1.807, 2.05) is 50.2 Å². The van der Waals surface area contributed by atoms with Crippen LogP contribution in [0.1, 0.15) is 12.5 Å². The minimum atomic E-state index is -0.147. The van der Waals surface area contributed by atoms with Gasteiger partial charge in [0.05, 0.1) is 5.52 Å². The minimum absolute atomic E-state index is 0.125. The Hall–Kier alpha value is -2.90. The maximum Gasteiger partial charge on any atom is 0.293 e. The van der Waals surface area contributed by atoms with Gasteiger partial charge in [-0.25, -0.2) is 0 Å². The second kappa shape index (κ2) is 8.66. The van der Waals surface area contributed by atoms with Gasteiger partial charge in [-0.1, -0.05) is 41.6 Å². The SMILES string of the molecule is CCn1c(=O)c(OCC#CCOc2ccc(Cl)cc2C)cc2ccccc21. The van der Waals surface area contributed by atoms with E-state index in [2.05, 4.69) is 11.8 Å². The fourth-order valence-electron chi connectivity index (χ4n) is 2.82. The standard InChI is InChI=1S/C22H20ClNO3/c1-3-24-19-9-5-4-8-17(19)15-21(22(24)25)27-13-7-6-12-26-20-11-10-18(23)14-16(20)2/h4-5,8-11,14-15H,3,12-13H2,1-2H3. The zero-order chi connectivity index (χ0) is 19.2. The zero-order valence-electron chi connectivity index (χ0n) is 15.3. The van der Waals surface area contributed by atoms with Crippen molar-refractivity contribution < 1.29 is 9.47 Å². The predicted octanol–water partition coefficient (Wildman–Crippen LogP) is 4.44.